The van der Waals surface area contributed by atoms with Crippen LogP contribution in [-0.4, -0.2) is 38.6 Å². The van der Waals surface area contributed by atoms with Crippen LogP contribution in [0.5, 0.6) is 11.5 Å². The van der Waals surface area contributed by atoms with Crippen LogP contribution in [0.15, 0.2) is 36.4 Å². The predicted molar refractivity (Wildman–Crippen MR) is 102 cm³/mol. The summed E-state index contributed by atoms with van der Waals surface area (Å²) in [6, 6.07) is 10.9. The van der Waals surface area contributed by atoms with E-state index in [2.05, 4.69) is 15.0 Å². The minimum Gasteiger partial charge on any atom is -0.494 e. The fourth-order valence-corrected chi connectivity index (χ4v) is 4.09. The third kappa shape index (κ3) is 3.90. The Hall–Kier alpha value is -2.41. The van der Waals surface area contributed by atoms with Crippen molar-refractivity contribution in [3.8, 4) is 22.6 Å². The van der Waals surface area contributed by atoms with Gasteiger partial charge >= 0.3 is 6.36 Å². The van der Waals surface area contributed by atoms with Crippen molar-refractivity contribution < 1.29 is 22.6 Å². The predicted octanol–water partition coefficient (Wildman–Crippen LogP) is 4.38. The molecule has 0 aliphatic carbocycles. The van der Waals surface area contributed by atoms with E-state index >= 15 is 0 Å². The molecule has 0 bridgehead atoms. The minimum absolute atomic E-state index is 0.245. The van der Waals surface area contributed by atoms with E-state index in [1.807, 2.05) is 18.2 Å². The highest BCUT2D eigenvalue weighted by atomic mass is 19.4. The number of hydrogen-bond acceptors (Lipinski definition) is 4. The van der Waals surface area contributed by atoms with Gasteiger partial charge in [0, 0.05) is 36.4 Å². The zero-order chi connectivity index (χ0) is 19.7. The summed E-state index contributed by atoms with van der Waals surface area (Å²) in [4.78, 5) is 2.37. The molecule has 2 heterocycles. The Morgan fingerprint density at radius 1 is 1.14 bits per heavy atom. The van der Waals surface area contributed by atoms with Crippen LogP contribution in [0.25, 0.3) is 11.1 Å². The van der Waals surface area contributed by atoms with E-state index in [4.69, 9.17) is 4.74 Å². The second kappa shape index (κ2) is 7.54. The van der Waals surface area contributed by atoms with Crippen molar-refractivity contribution in [2.45, 2.75) is 32.2 Å². The molecule has 7 heteroatoms. The lowest BCUT2D eigenvalue weighted by atomic mass is 10.0. The lowest BCUT2D eigenvalue weighted by Crippen LogP contribution is -2.32. The molecule has 1 fully saturated rings. The van der Waals surface area contributed by atoms with E-state index in [0.29, 0.717) is 29.5 Å². The molecule has 4 rings (SSSR count). The molecular weight excluding hydrogens is 369 g/mol. The van der Waals surface area contributed by atoms with Crippen molar-refractivity contribution in [1.29, 1.82) is 0 Å². The summed E-state index contributed by atoms with van der Waals surface area (Å²) in [6.45, 7) is 4.95. The van der Waals surface area contributed by atoms with Gasteiger partial charge in [0.2, 0.25) is 0 Å². The summed E-state index contributed by atoms with van der Waals surface area (Å²) in [5.41, 5.74) is 3.47. The molecule has 2 aliphatic heterocycles. The van der Waals surface area contributed by atoms with Crippen molar-refractivity contribution in [2.24, 2.45) is 0 Å². The Labute approximate surface area is 162 Å². The number of alkyl halides is 3. The molecule has 1 saturated heterocycles. The van der Waals surface area contributed by atoms with Crippen LogP contribution in [0.3, 0.4) is 0 Å². The third-order valence-corrected chi connectivity index (χ3v) is 5.28. The topological polar surface area (TPSA) is 33.7 Å². The molecule has 0 spiro atoms. The molecule has 28 heavy (non-hydrogen) atoms. The molecule has 1 atom stereocenters. The van der Waals surface area contributed by atoms with E-state index in [0.717, 1.165) is 38.2 Å². The first-order valence-electron chi connectivity index (χ1n) is 9.58. The highest BCUT2D eigenvalue weighted by Crippen LogP contribution is 2.41. The van der Waals surface area contributed by atoms with E-state index < -0.39 is 6.36 Å². The first-order chi connectivity index (χ1) is 13.4. The van der Waals surface area contributed by atoms with Crippen molar-refractivity contribution >= 4 is 5.69 Å². The van der Waals surface area contributed by atoms with Gasteiger partial charge in [0.05, 0.1) is 6.61 Å². The molecule has 4 nitrogen and oxygen atoms in total. The average Bonchev–Trinajstić information content (AvgIpc) is 2.81. The Morgan fingerprint density at radius 2 is 2.00 bits per heavy atom. The molecule has 0 saturated carbocycles. The number of benzene rings is 2. The lowest BCUT2D eigenvalue weighted by molar-refractivity contribution is -0.274. The maximum atomic E-state index is 13.0. The standard InChI is InChI=1S/C21H23F3N2O2/c1-2-27-17-5-6-18(20(13-17)28-21(22,23)24)14-3-4-15-11-16-7-8-25-9-10-26(16)19(15)12-14/h3-6,12-13,16,25H,2,7-11H2,1H3. The van der Waals surface area contributed by atoms with Gasteiger partial charge in [-0.15, -0.1) is 13.2 Å². The van der Waals surface area contributed by atoms with Crippen LogP contribution in [0.1, 0.15) is 18.9 Å². The highest BCUT2D eigenvalue weighted by molar-refractivity contribution is 5.77. The molecule has 2 aromatic rings. The second-order valence-corrected chi connectivity index (χ2v) is 7.07. The first-order valence-corrected chi connectivity index (χ1v) is 9.58. The Balaban J connectivity index is 1.72. The lowest BCUT2D eigenvalue weighted by Gasteiger charge is -2.25. The van der Waals surface area contributed by atoms with Crippen LogP contribution in [0.4, 0.5) is 18.9 Å². The molecule has 2 aromatic carbocycles. The molecular formula is C21H23F3N2O2. The summed E-state index contributed by atoms with van der Waals surface area (Å²) in [5.74, 6) is 0.107. The van der Waals surface area contributed by atoms with Gasteiger partial charge in [-0.25, -0.2) is 0 Å². The van der Waals surface area contributed by atoms with Gasteiger partial charge in [0.15, 0.2) is 0 Å². The van der Waals surface area contributed by atoms with Crippen LogP contribution < -0.4 is 19.7 Å². The minimum atomic E-state index is -4.77. The zero-order valence-electron chi connectivity index (χ0n) is 15.7. The van der Waals surface area contributed by atoms with Gasteiger partial charge < -0.3 is 19.7 Å². The molecule has 0 amide bonds. The van der Waals surface area contributed by atoms with Gasteiger partial charge in [0.1, 0.15) is 11.5 Å². The number of nitrogens with one attached hydrogen (secondary N) is 1. The number of anilines is 1. The number of ether oxygens (including phenoxy) is 2. The quantitative estimate of drug-likeness (QED) is 0.838. The van der Waals surface area contributed by atoms with Crippen LogP contribution in [0, 0.1) is 0 Å². The van der Waals surface area contributed by atoms with Gasteiger partial charge in [-0.3, -0.25) is 0 Å². The van der Waals surface area contributed by atoms with Crippen LogP contribution >= 0.6 is 0 Å². The molecule has 150 valence electrons. The van der Waals surface area contributed by atoms with E-state index in [1.165, 1.54) is 11.6 Å². The molecule has 1 unspecified atom stereocenters. The van der Waals surface area contributed by atoms with E-state index in [1.54, 1.807) is 19.1 Å². The van der Waals surface area contributed by atoms with Gasteiger partial charge in [-0.1, -0.05) is 12.1 Å². The van der Waals surface area contributed by atoms with Crippen LogP contribution in [0.2, 0.25) is 0 Å². The largest absolute Gasteiger partial charge is 0.573 e. The third-order valence-electron chi connectivity index (χ3n) is 5.28. The second-order valence-electron chi connectivity index (χ2n) is 7.07. The Kier molecular flexibility index (Phi) is 5.10. The molecule has 0 aromatic heterocycles. The maximum Gasteiger partial charge on any atom is 0.573 e. The molecule has 1 N–H and O–H groups in total. The monoisotopic (exact) mass is 392 g/mol. The molecule has 2 aliphatic rings. The summed E-state index contributed by atoms with van der Waals surface area (Å²) in [6.07, 6.45) is -2.72. The number of hydrogen-bond donors (Lipinski definition) is 1. The maximum absolute atomic E-state index is 13.0. The van der Waals surface area contributed by atoms with Gasteiger partial charge in [-0.05, 0) is 55.6 Å². The fraction of sp³-hybridized carbons (Fsp3) is 0.429. The summed E-state index contributed by atoms with van der Waals surface area (Å²) >= 11 is 0. The summed E-state index contributed by atoms with van der Waals surface area (Å²) < 4.78 is 48.6. The number of fused-ring (bicyclic) bond motifs is 3. The summed E-state index contributed by atoms with van der Waals surface area (Å²) in [7, 11) is 0. The Bertz CT molecular complexity index is 854. The van der Waals surface area contributed by atoms with E-state index in [9.17, 15) is 13.2 Å². The highest BCUT2D eigenvalue weighted by Gasteiger charge is 2.33. The SMILES string of the molecule is CCOc1ccc(-c2ccc3c(c2)N2CCNCCC2C3)c(OC(F)(F)F)c1. The summed E-state index contributed by atoms with van der Waals surface area (Å²) in [5, 5.41) is 3.41. The average molecular weight is 392 g/mol. The normalized spacial score (nSPS) is 19.0. The fourth-order valence-electron chi connectivity index (χ4n) is 4.09. The van der Waals surface area contributed by atoms with Crippen molar-refractivity contribution in [3.05, 3.63) is 42.0 Å². The first kappa shape index (κ1) is 18.9. The van der Waals surface area contributed by atoms with Crippen LogP contribution in [-0.2, 0) is 6.42 Å². The van der Waals surface area contributed by atoms with E-state index in [-0.39, 0.29) is 5.75 Å². The number of rotatable bonds is 4. The van der Waals surface area contributed by atoms with Crippen molar-refractivity contribution in [2.75, 3.05) is 31.1 Å². The van der Waals surface area contributed by atoms with Gasteiger partial charge in [-0.2, -0.15) is 0 Å². The molecule has 0 radical (unpaired) electrons. The Morgan fingerprint density at radius 3 is 2.79 bits per heavy atom. The van der Waals surface area contributed by atoms with Gasteiger partial charge in [0.25, 0.3) is 0 Å². The van der Waals surface area contributed by atoms with Crippen molar-refractivity contribution in [3.63, 3.8) is 0 Å². The van der Waals surface area contributed by atoms with Crippen molar-refractivity contribution in [1.82, 2.24) is 5.32 Å². The number of nitrogens with zero attached hydrogens (tertiary/aromatic N) is 1. The number of halogens is 3. The smallest absolute Gasteiger partial charge is 0.494 e. The zero-order valence-corrected chi connectivity index (χ0v) is 15.7.